The second-order valence-corrected chi connectivity index (χ2v) is 5.68. The third kappa shape index (κ3) is 3.08. The van der Waals surface area contributed by atoms with E-state index in [4.69, 9.17) is 4.74 Å². The van der Waals surface area contributed by atoms with E-state index in [2.05, 4.69) is 25.4 Å². The zero-order chi connectivity index (χ0) is 16.0. The van der Waals surface area contributed by atoms with E-state index in [9.17, 15) is 13.2 Å². The lowest BCUT2D eigenvalue weighted by molar-refractivity contribution is -0.137. The maximum absolute atomic E-state index is 12.6. The van der Waals surface area contributed by atoms with Gasteiger partial charge >= 0.3 is 6.18 Å². The molecule has 2 fully saturated rings. The first-order chi connectivity index (χ1) is 11.0. The van der Waals surface area contributed by atoms with Gasteiger partial charge in [-0.25, -0.2) is 4.98 Å². The number of hydrogen-bond donors (Lipinski definition) is 0. The van der Waals surface area contributed by atoms with E-state index in [0.29, 0.717) is 25.0 Å². The number of nitrogens with zero attached hydrogens (tertiary/aromatic N) is 6. The Hall–Kier alpha value is -1.78. The van der Waals surface area contributed by atoms with Crippen LogP contribution in [0.1, 0.15) is 17.8 Å². The molecule has 0 spiro atoms. The Bertz CT molecular complexity index is 706. The molecule has 0 amide bonds. The molecule has 24 heavy (non-hydrogen) atoms. The van der Waals surface area contributed by atoms with Crippen LogP contribution in [0.15, 0.2) is 18.3 Å². The van der Waals surface area contributed by atoms with Gasteiger partial charge in [0.05, 0.1) is 24.8 Å². The first kappa shape index (κ1) is 17.1. The fourth-order valence-electron chi connectivity index (χ4n) is 3.02. The van der Waals surface area contributed by atoms with Crippen LogP contribution in [-0.4, -0.2) is 55.4 Å². The average Bonchev–Trinajstić information content (AvgIpc) is 3.23. The summed E-state index contributed by atoms with van der Waals surface area (Å²) in [5.74, 6) is 0.809. The number of halogens is 4. The molecule has 0 N–H and O–H groups in total. The molecule has 4 rings (SSSR count). The lowest BCUT2D eigenvalue weighted by atomic mass is 10.2. The monoisotopic (exact) mass is 362 g/mol. The van der Waals surface area contributed by atoms with Crippen molar-refractivity contribution in [3.63, 3.8) is 0 Å². The summed E-state index contributed by atoms with van der Waals surface area (Å²) >= 11 is 0. The summed E-state index contributed by atoms with van der Waals surface area (Å²) in [6, 6.07) is 2.59. The molecule has 0 unspecified atom stereocenters. The van der Waals surface area contributed by atoms with Crippen molar-refractivity contribution in [3.8, 4) is 5.82 Å². The second-order valence-electron chi connectivity index (χ2n) is 5.68. The van der Waals surface area contributed by atoms with E-state index < -0.39 is 11.7 Å². The highest BCUT2D eigenvalue weighted by atomic mass is 35.5. The fraction of sp³-hybridized carbons (Fsp3) is 0.538. The molecule has 0 aromatic carbocycles. The number of likely N-dealkylation sites (tertiary alicyclic amines) is 1. The number of pyridine rings is 1. The number of morpholine rings is 1. The highest BCUT2D eigenvalue weighted by molar-refractivity contribution is 5.85. The Morgan fingerprint density at radius 2 is 2.12 bits per heavy atom. The van der Waals surface area contributed by atoms with Crippen molar-refractivity contribution >= 4 is 12.4 Å². The van der Waals surface area contributed by atoms with Crippen LogP contribution in [0, 0.1) is 0 Å². The smallest absolute Gasteiger partial charge is 0.375 e. The van der Waals surface area contributed by atoms with Gasteiger partial charge in [0.25, 0.3) is 0 Å². The van der Waals surface area contributed by atoms with Crippen LogP contribution in [0.3, 0.4) is 0 Å². The Morgan fingerprint density at radius 3 is 2.71 bits per heavy atom. The van der Waals surface area contributed by atoms with Crippen molar-refractivity contribution in [2.24, 2.45) is 0 Å². The van der Waals surface area contributed by atoms with Gasteiger partial charge in [-0.3, -0.25) is 4.90 Å². The minimum atomic E-state index is -4.41. The third-order valence-electron chi connectivity index (χ3n) is 4.18. The molecule has 7 nitrogen and oxygen atoms in total. The quantitative estimate of drug-likeness (QED) is 0.823. The van der Waals surface area contributed by atoms with Crippen molar-refractivity contribution in [1.29, 1.82) is 0 Å². The average molecular weight is 363 g/mol. The Morgan fingerprint density at radius 1 is 1.29 bits per heavy atom. The Kier molecular flexibility index (Phi) is 4.45. The highest BCUT2D eigenvalue weighted by Crippen LogP contribution is 2.30. The van der Waals surface area contributed by atoms with Crippen LogP contribution < -0.4 is 0 Å². The first-order valence-corrected chi connectivity index (χ1v) is 7.17. The summed E-state index contributed by atoms with van der Waals surface area (Å²) in [7, 11) is 0. The zero-order valence-electron chi connectivity index (χ0n) is 12.3. The minimum absolute atomic E-state index is 0. The van der Waals surface area contributed by atoms with Gasteiger partial charge < -0.3 is 4.74 Å². The van der Waals surface area contributed by atoms with Gasteiger partial charge in [0, 0.05) is 18.8 Å². The number of aromatic nitrogens is 5. The molecule has 11 heteroatoms. The topological polar surface area (TPSA) is 69.0 Å². The van der Waals surface area contributed by atoms with E-state index in [1.165, 1.54) is 10.7 Å². The van der Waals surface area contributed by atoms with Crippen LogP contribution in [-0.2, 0) is 17.5 Å². The van der Waals surface area contributed by atoms with Gasteiger partial charge in [0.1, 0.15) is 0 Å². The standard InChI is InChI=1S/C13H13F3N6O.ClH/c14-13(15,16)8-1-2-11(17-4-8)22-12(18-19-20-22)6-21-5-10-3-9(21)7-23-10;/h1-2,4,9-10H,3,5-7H2;1H/t9-,10-;/m0./s1. The van der Waals surface area contributed by atoms with Gasteiger partial charge in [0.2, 0.25) is 0 Å². The van der Waals surface area contributed by atoms with Crippen LogP contribution in [0.2, 0.25) is 0 Å². The Labute approximate surface area is 141 Å². The lowest BCUT2D eigenvalue weighted by Gasteiger charge is -2.25. The van der Waals surface area contributed by atoms with Gasteiger partial charge in [-0.05, 0) is 29.0 Å². The number of ether oxygens (including phenoxy) is 1. The van der Waals surface area contributed by atoms with Crippen molar-refractivity contribution in [2.45, 2.75) is 31.3 Å². The SMILES string of the molecule is Cl.FC(F)(F)c1ccc(-n2nnnc2CN2C[C@@H]3C[C@H]2CO3)nc1. The lowest BCUT2D eigenvalue weighted by Crippen LogP contribution is -2.37. The summed E-state index contributed by atoms with van der Waals surface area (Å²) in [4.78, 5) is 6.05. The maximum atomic E-state index is 12.6. The molecule has 2 aromatic heterocycles. The van der Waals surface area contributed by atoms with Crippen molar-refractivity contribution < 1.29 is 17.9 Å². The van der Waals surface area contributed by atoms with Gasteiger partial charge in [-0.2, -0.15) is 17.9 Å². The largest absolute Gasteiger partial charge is 0.417 e. The van der Waals surface area contributed by atoms with Crippen LogP contribution in [0.25, 0.3) is 5.82 Å². The molecule has 130 valence electrons. The van der Waals surface area contributed by atoms with Crippen molar-refractivity contribution in [1.82, 2.24) is 30.1 Å². The Balaban J connectivity index is 0.00000169. The van der Waals surface area contributed by atoms with Crippen LogP contribution >= 0.6 is 12.4 Å². The summed E-state index contributed by atoms with van der Waals surface area (Å²) in [6.07, 6.45) is -2.37. The summed E-state index contributed by atoms with van der Waals surface area (Å²) in [6.45, 7) is 2.03. The van der Waals surface area contributed by atoms with E-state index >= 15 is 0 Å². The van der Waals surface area contributed by atoms with E-state index in [1.54, 1.807) is 0 Å². The summed E-state index contributed by atoms with van der Waals surface area (Å²) < 4.78 is 44.7. The van der Waals surface area contributed by atoms with Crippen LogP contribution in [0.4, 0.5) is 13.2 Å². The number of rotatable bonds is 3. The summed E-state index contributed by atoms with van der Waals surface area (Å²) in [5.41, 5.74) is -0.801. The predicted molar refractivity (Wildman–Crippen MR) is 77.8 cm³/mol. The van der Waals surface area contributed by atoms with E-state index in [-0.39, 0.29) is 24.3 Å². The van der Waals surface area contributed by atoms with Crippen molar-refractivity contribution in [2.75, 3.05) is 13.2 Å². The van der Waals surface area contributed by atoms with E-state index in [0.717, 1.165) is 25.2 Å². The highest BCUT2D eigenvalue weighted by Gasteiger charge is 2.39. The molecule has 0 aliphatic carbocycles. The molecular formula is C13H14ClF3N6O. The maximum Gasteiger partial charge on any atom is 0.417 e. The molecular weight excluding hydrogens is 349 g/mol. The molecule has 4 heterocycles. The minimum Gasteiger partial charge on any atom is -0.375 e. The number of fused-ring (bicyclic) bond motifs is 2. The van der Waals surface area contributed by atoms with E-state index in [1.807, 2.05) is 0 Å². The second kappa shape index (κ2) is 6.26. The van der Waals surface area contributed by atoms with Crippen LogP contribution in [0.5, 0.6) is 0 Å². The number of hydrogen-bond acceptors (Lipinski definition) is 6. The normalized spacial score (nSPS) is 23.5. The van der Waals surface area contributed by atoms with Gasteiger partial charge in [-0.15, -0.1) is 17.5 Å². The third-order valence-corrected chi connectivity index (χ3v) is 4.18. The molecule has 2 aliphatic rings. The van der Waals surface area contributed by atoms with Gasteiger partial charge in [0.15, 0.2) is 11.6 Å². The summed E-state index contributed by atoms with van der Waals surface area (Å²) in [5, 5.41) is 11.4. The molecule has 0 radical (unpaired) electrons. The predicted octanol–water partition coefficient (Wildman–Crippen LogP) is 1.47. The fourth-order valence-corrected chi connectivity index (χ4v) is 3.02. The number of alkyl halides is 3. The van der Waals surface area contributed by atoms with Crippen molar-refractivity contribution in [3.05, 3.63) is 29.7 Å². The first-order valence-electron chi connectivity index (χ1n) is 7.17. The molecule has 2 saturated heterocycles. The molecule has 2 atom stereocenters. The zero-order valence-corrected chi connectivity index (χ0v) is 13.2. The van der Waals surface area contributed by atoms with Gasteiger partial charge in [-0.1, -0.05) is 0 Å². The molecule has 0 saturated carbocycles. The molecule has 2 bridgehead atoms. The number of tetrazole rings is 1. The molecule has 2 aromatic rings. The molecule has 2 aliphatic heterocycles.